The molecule has 110 valence electrons. The Morgan fingerprint density at radius 1 is 1.18 bits per heavy atom. The van der Waals surface area contributed by atoms with E-state index in [4.69, 9.17) is 16.2 Å². The monoisotopic (exact) mass is 359 g/mol. The molecular weight excluding hydrogens is 349 g/mol. The van der Waals surface area contributed by atoms with Gasteiger partial charge >= 0.3 is 0 Å². The number of ether oxygens (including phenoxy) is 1. The highest BCUT2D eigenvalue weighted by Gasteiger charge is 2.30. The van der Waals surface area contributed by atoms with Crippen LogP contribution in [0, 0.1) is 17.1 Å². The third-order valence-corrected chi connectivity index (χ3v) is 4.13. The summed E-state index contributed by atoms with van der Waals surface area (Å²) in [6.45, 7) is 0. The van der Waals surface area contributed by atoms with Crippen LogP contribution in [0.2, 0.25) is 0 Å². The summed E-state index contributed by atoms with van der Waals surface area (Å²) in [6.07, 6.45) is 0. The lowest BCUT2D eigenvalue weighted by molar-refractivity contribution is 0.394. The zero-order valence-electron chi connectivity index (χ0n) is 11.3. The van der Waals surface area contributed by atoms with Crippen LogP contribution < -0.4 is 16.2 Å². The van der Waals surface area contributed by atoms with Gasteiger partial charge in [-0.3, -0.25) is 0 Å². The second-order valence-corrected chi connectivity index (χ2v) is 5.75. The van der Waals surface area contributed by atoms with E-state index in [2.05, 4.69) is 22.0 Å². The number of allylic oxidation sites excluding steroid dienone is 1. The molecule has 4 N–H and O–H groups in total. The predicted molar refractivity (Wildman–Crippen MR) is 84.3 cm³/mol. The number of nitrogens with two attached hydrogens (primary N) is 2. The van der Waals surface area contributed by atoms with Crippen molar-refractivity contribution in [2.24, 2.45) is 5.73 Å². The van der Waals surface area contributed by atoms with Gasteiger partial charge in [-0.1, -0.05) is 12.1 Å². The number of hydrogen-bond donors (Lipinski definition) is 2. The fourth-order valence-electron chi connectivity index (χ4n) is 2.51. The summed E-state index contributed by atoms with van der Waals surface area (Å²) in [5.74, 6) is -0.261. The Bertz CT molecular complexity index is 842. The van der Waals surface area contributed by atoms with Crippen molar-refractivity contribution < 1.29 is 9.13 Å². The topological polar surface area (TPSA) is 85.1 Å². The zero-order chi connectivity index (χ0) is 15.9. The Labute approximate surface area is 134 Å². The molecule has 0 bridgehead atoms. The Kier molecular flexibility index (Phi) is 3.51. The normalized spacial score (nSPS) is 16.7. The number of benzene rings is 2. The molecule has 0 fully saturated rings. The number of anilines is 1. The average Bonchev–Trinajstić information content (AvgIpc) is 2.48. The average molecular weight is 360 g/mol. The van der Waals surface area contributed by atoms with Crippen LogP contribution in [0.3, 0.4) is 0 Å². The van der Waals surface area contributed by atoms with Crippen molar-refractivity contribution in [2.75, 3.05) is 5.73 Å². The summed E-state index contributed by atoms with van der Waals surface area (Å²) in [5.41, 5.74) is 13.9. The van der Waals surface area contributed by atoms with E-state index in [1.165, 1.54) is 6.07 Å². The van der Waals surface area contributed by atoms with Gasteiger partial charge < -0.3 is 16.2 Å². The van der Waals surface area contributed by atoms with E-state index < -0.39 is 5.92 Å². The molecule has 1 aliphatic rings. The van der Waals surface area contributed by atoms with Crippen LogP contribution in [-0.4, -0.2) is 0 Å². The molecule has 2 aromatic rings. The van der Waals surface area contributed by atoms with Crippen molar-refractivity contribution in [1.29, 1.82) is 5.26 Å². The minimum absolute atomic E-state index is 0.0334. The highest BCUT2D eigenvalue weighted by atomic mass is 79.9. The SMILES string of the molecule is N#CC1=C(N)Oc2cc(N)ccc2[C@H]1c1ccc(F)c(Br)c1. The first kappa shape index (κ1) is 14.4. The first-order valence-electron chi connectivity index (χ1n) is 6.43. The van der Waals surface area contributed by atoms with Gasteiger partial charge in [-0.05, 0) is 39.7 Å². The molecule has 22 heavy (non-hydrogen) atoms. The molecule has 1 aliphatic heterocycles. The first-order chi connectivity index (χ1) is 10.5. The molecule has 0 saturated carbocycles. The highest BCUT2D eigenvalue weighted by molar-refractivity contribution is 9.10. The smallest absolute Gasteiger partial charge is 0.205 e. The van der Waals surface area contributed by atoms with Crippen LogP contribution in [0.15, 0.2) is 52.3 Å². The summed E-state index contributed by atoms with van der Waals surface area (Å²) < 4.78 is 19.3. The van der Waals surface area contributed by atoms with E-state index in [-0.39, 0.29) is 17.3 Å². The van der Waals surface area contributed by atoms with Crippen LogP contribution >= 0.6 is 15.9 Å². The Morgan fingerprint density at radius 2 is 1.95 bits per heavy atom. The minimum Gasteiger partial charge on any atom is -0.440 e. The zero-order valence-corrected chi connectivity index (χ0v) is 12.9. The van der Waals surface area contributed by atoms with Crippen molar-refractivity contribution in [3.8, 4) is 11.8 Å². The molecule has 4 nitrogen and oxygen atoms in total. The van der Waals surface area contributed by atoms with Gasteiger partial charge in [-0.2, -0.15) is 5.26 Å². The third kappa shape index (κ3) is 2.30. The minimum atomic E-state index is -0.425. The van der Waals surface area contributed by atoms with Gasteiger partial charge in [-0.15, -0.1) is 0 Å². The lowest BCUT2D eigenvalue weighted by Gasteiger charge is -2.26. The molecule has 2 aromatic carbocycles. The van der Waals surface area contributed by atoms with Gasteiger partial charge in [0.05, 0.1) is 10.4 Å². The third-order valence-electron chi connectivity index (χ3n) is 3.52. The van der Waals surface area contributed by atoms with Gasteiger partial charge in [0.1, 0.15) is 23.2 Å². The summed E-state index contributed by atoms with van der Waals surface area (Å²) >= 11 is 3.16. The van der Waals surface area contributed by atoms with E-state index in [0.29, 0.717) is 15.9 Å². The van der Waals surface area contributed by atoms with E-state index in [1.807, 2.05) is 0 Å². The Balaban J connectivity index is 2.23. The van der Waals surface area contributed by atoms with Crippen molar-refractivity contribution in [3.63, 3.8) is 0 Å². The van der Waals surface area contributed by atoms with Gasteiger partial charge in [-0.25, -0.2) is 4.39 Å². The van der Waals surface area contributed by atoms with Crippen molar-refractivity contribution in [2.45, 2.75) is 5.92 Å². The maximum absolute atomic E-state index is 13.5. The largest absolute Gasteiger partial charge is 0.440 e. The molecule has 0 unspecified atom stereocenters. The second-order valence-electron chi connectivity index (χ2n) is 4.90. The van der Waals surface area contributed by atoms with E-state index in [0.717, 1.165) is 11.1 Å². The van der Waals surface area contributed by atoms with Gasteiger partial charge in [0.15, 0.2) is 0 Å². The number of nitrogens with zero attached hydrogens (tertiary/aromatic N) is 1. The molecule has 6 heteroatoms. The summed E-state index contributed by atoms with van der Waals surface area (Å²) in [4.78, 5) is 0. The van der Waals surface area contributed by atoms with Gasteiger partial charge in [0.2, 0.25) is 5.88 Å². The molecule has 3 rings (SSSR count). The number of halogens is 2. The van der Waals surface area contributed by atoms with Crippen LogP contribution in [0.1, 0.15) is 17.0 Å². The maximum atomic E-state index is 13.5. The maximum Gasteiger partial charge on any atom is 0.205 e. The molecular formula is C16H11BrFN3O. The second kappa shape index (κ2) is 5.35. The van der Waals surface area contributed by atoms with E-state index in [9.17, 15) is 9.65 Å². The molecule has 1 atom stereocenters. The summed E-state index contributed by atoms with van der Waals surface area (Å²) in [6, 6.07) is 11.9. The fourth-order valence-corrected chi connectivity index (χ4v) is 2.90. The molecule has 0 aliphatic carbocycles. The number of nitrogen functional groups attached to an aromatic ring is 1. The first-order valence-corrected chi connectivity index (χ1v) is 7.22. The van der Waals surface area contributed by atoms with Gasteiger partial charge in [0.25, 0.3) is 0 Å². The quantitative estimate of drug-likeness (QED) is 0.764. The Morgan fingerprint density at radius 3 is 2.64 bits per heavy atom. The van der Waals surface area contributed by atoms with Crippen molar-refractivity contribution in [3.05, 3.63) is 69.3 Å². The molecule has 0 aromatic heterocycles. The van der Waals surface area contributed by atoms with Crippen LogP contribution in [-0.2, 0) is 0 Å². The lowest BCUT2D eigenvalue weighted by Crippen LogP contribution is -2.21. The predicted octanol–water partition coefficient (Wildman–Crippen LogP) is 3.39. The molecule has 1 heterocycles. The van der Waals surface area contributed by atoms with E-state index >= 15 is 0 Å². The fraction of sp³-hybridized carbons (Fsp3) is 0.0625. The molecule has 0 radical (unpaired) electrons. The molecule has 0 spiro atoms. The summed E-state index contributed by atoms with van der Waals surface area (Å²) in [5, 5.41) is 9.42. The van der Waals surface area contributed by atoms with Crippen LogP contribution in [0.4, 0.5) is 10.1 Å². The van der Waals surface area contributed by atoms with Gasteiger partial charge in [0, 0.05) is 17.3 Å². The number of rotatable bonds is 1. The van der Waals surface area contributed by atoms with Crippen molar-refractivity contribution >= 4 is 21.6 Å². The highest BCUT2D eigenvalue weighted by Crippen LogP contribution is 2.43. The van der Waals surface area contributed by atoms with Crippen molar-refractivity contribution in [1.82, 2.24) is 0 Å². The molecule has 0 saturated heterocycles. The number of fused-ring (bicyclic) bond motifs is 1. The standard InChI is InChI=1S/C16H11BrFN3O/c17-12-5-8(1-4-13(12)18)15-10-3-2-9(20)6-14(10)22-16(21)11(15)7-19/h1-6,15H,20-21H2/t15-/m1/s1. The Hall–Kier alpha value is -2.52. The summed E-state index contributed by atoms with van der Waals surface area (Å²) in [7, 11) is 0. The number of hydrogen-bond acceptors (Lipinski definition) is 4. The van der Waals surface area contributed by atoms with E-state index in [1.54, 1.807) is 30.3 Å². The van der Waals surface area contributed by atoms with Crippen LogP contribution in [0.25, 0.3) is 0 Å². The van der Waals surface area contributed by atoms with Crippen LogP contribution in [0.5, 0.6) is 5.75 Å². The lowest BCUT2D eigenvalue weighted by atomic mass is 9.83. The number of nitriles is 1. The molecule has 0 amide bonds.